The Balaban J connectivity index is 2.07. The van der Waals surface area contributed by atoms with Gasteiger partial charge >= 0.3 is 6.18 Å². The number of sulfonamides is 1. The third-order valence-corrected chi connectivity index (χ3v) is 8.54. The van der Waals surface area contributed by atoms with Crippen LogP contribution in [0.1, 0.15) is 38.3 Å². The Bertz CT molecular complexity index is 1470. The summed E-state index contributed by atoms with van der Waals surface area (Å²) in [5, 5.41) is 2.82. The minimum absolute atomic E-state index is 0.0697. The second kappa shape index (κ2) is 13.7. The molecule has 0 saturated carbocycles. The normalized spacial score (nSPS) is 13.1. The largest absolute Gasteiger partial charge is 0.497 e. The molecular weight excluding hydrogens is 571 g/mol. The molecule has 0 heterocycles. The highest BCUT2D eigenvalue weighted by atomic mass is 32.2. The number of nitrogens with one attached hydrogen (secondary N) is 1. The van der Waals surface area contributed by atoms with Gasteiger partial charge in [0.15, 0.2) is 0 Å². The van der Waals surface area contributed by atoms with Crippen LogP contribution in [0.2, 0.25) is 0 Å². The van der Waals surface area contributed by atoms with Gasteiger partial charge < -0.3 is 15.0 Å². The van der Waals surface area contributed by atoms with Crippen LogP contribution in [0.5, 0.6) is 5.75 Å². The SMILES string of the molecule is CC[C@H](C)NC(=O)[C@@H](C)N(Cc1ccc(OC)cc1)C(=O)CN(c1cccc(C(F)(F)F)c1)S(=O)(=O)c1ccccc1. The lowest BCUT2D eigenvalue weighted by molar-refractivity contribution is -0.139. The first kappa shape index (κ1) is 32.5. The number of nitrogens with zero attached hydrogens (tertiary/aromatic N) is 2. The van der Waals surface area contributed by atoms with Crippen molar-refractivity contribution in [3.05, 3.63) is 90.0 Å². The van der Waals surface area contributed by atoms with E-state index in [4.69, 9.17) is 4.74 Å². The molecule has 12 heteroatoms. The zero-order chi connectivity index (χ0) is 31.1. The van der Waals surface area contributed by atoms with Gasteiger partial charge in [-0.05, 0) is 68.3 Å². The van der Waals surface area contributed by atoms with Crippen LogP contribution >= 0.6 is 0 Å². The van der Waals surface area contributed by atoms with Crippen LogP contribution in [0.15, 0.2) is 83.8 Å². The molecule has 2 amide bonds. The molecule has 3 aromatic carbocycles. The van der Waals surface area contributed by atoms with E-state index in [9.17, 15) is 31.2 Å². The molecule has 0 aliphatic heterocycles. The standard InChI is InChI=1S/C30H34F3N3O5S/c1-5-21(2)34-29(38)22(3)35(19-23-14-16-26(41-4)17-15-23)28(37)20-36(42(39,40)27-12-7-6-8-13-27)25-11-9-10-24(18-25)30(31,32)33/h6-18,21-22H,5,19-20H2,1-4H3,(H,34,38)/t21-,22+/m0/s1. The Morgan fingerprint density at radius 3 is 2.17 bits per heavy atom. The van der Waals surface area contributed by atoms with Crippen LogP contribution in [0.4, 0.5) is 18.9 Å². The van der Waals surface area contributed by atoms with Gasteiger partial charge in [-0.2, -0.15) is 13.2 Å². The third kappa shape index (κ3) is 8.03. The second-order valence-electron chi connectivity index (χ2n) is 9.74. The third-order valence-electron chi connectivity index (χ3n) is 6.75. The predicted octanol–water partition coefficient (Wildman–Crippen LogP) is 5.24. The van der Waals surface area contributed by atoms with Gasteiger partial charge in [-0.3, -0.25) is 13.9 Å². The maximum absolute atomic E-state index is 13.9. The van der Waals surface area contributed by atoms with Gasteiger partial charge in [0.05, 0.1) is 23.3 Å². The summed E-state index contributed by atoms with van der Waals surface area (Å²) in [5.41, 5.74) is -0.788. The molecule has 2 atom stereocenters. The summed E-state index contributed by atoms with van der Waals surface area (Å²) in [6.45, 7) is 4.29. The smallest absolute Gasteiger partial charge is 0.416 e. The van der Waals surface area contributed by atoms with Crippen molar-refractivity contribution in [3.63, 3.8) is 0 Å². The number of amides is 2. The molecule has 0 spiro atoms. The Morgan fingerprint density at radius 1 is 0.952 bits per heavy atom. The molecule has 0 fully saturated rings. The van der Waals surface area contributed by atoms with Gasteiger partial charge in [0.25, 0.3) is 10.0 Å². The van der Waals surface area contributed by atoms with Gasteiger partial charge in [-0.1, -0.05) is 43.3 Å². The molecule has 0 bridgehead atoms. The highest BCUT2D eigenvalue weighted by molar-refractivity contribution is 7.92. The lowest BCUT2D eigenvalue weighted by atomic mass is 10.1. The number of rotatable bonds is 12. The number of anilines is 1. The molecule has 0 unspecified atom stereocenters. The lowest BCUT2D eigenvalue weighted by Crippen LogP contribution is -2.52. The van der Waals surface area contributed by atoms with E-state index in [2.05, 4.69) is 5.32 Å². The summed E-state index contributed by atoms with van der Waals surface area (Å²) >= 11 is 0. The molecule has 0 aliphatic rings. The number of benzene rings is 3. The molecule has 0 saturated heterocycles. The van der Waals surface area contributed by atoms with Crippen molar-refractivity contribution in [3.8, 4) is 5.75 Å². The quantitative estimate of drug-likeness (QED) is 0.305. The van der Waals surface area contributed by atoms with Crippen LogP contribution in [-0.4, -0.2) is 50.9 Å². The number of hydrogen-bond donors (Lipinski definition) is 1. The van der Waals surface area contributed by atoms with Gasteiger partial charge in [0.2, 0.25) is 11.8 Å². The zero-order valence-corrected chi connectivity index (χ0v) is 24.6. The summed E-state index contributed by atoms with van der Waals surface area (Å²) in [7, 11) is -2.99. The highest BCUT2D eigenvalue weighted by Crippen LogP contribution is 2.33. The van der Waals surface area contributed by atoms with Crippen molar-refractivity contribution < 1.29 is 35.9 Å². The van der Waals surface area contributed by atoms with Gasteiger partial charge in [-0.15, -0.1) is 0 Å². The van der Waals surface area contributed by atoms with Gasteiger partial charge in [-0.25, -0.2) is 8.42 Å². The molecule has 0 aliphatic carbocycles. The van der Waals surface area contributed by atoms with Crippen molar-refractivity contribution in [2.24, 2.45) is 0 Å². The molecule has 226 valence electrons. The van der Waals surface area contributed by atoms with Crippen molar-refractivity contribution in [1.82, 2.24) is 10.2 Å². The molecule has 42 heavy (non-hydrogen) atoms. The number of ether oxygens (including phenoxy) is 1. The fourth-order valence-electron chi connectivity index (χ4n) is 4.06. The van der Waals surface area contributed by atoms with E-state index in [-0.39, 0.29) is 23.2 Å². The van der Waals surface area contributed by atoms with Crippen LogP contribution < -0.4 is 14.4 Å². The molecule has 3 aromatic rings. The Morgan fingerprint density at radius 2 is 1.60 bits per heavy atom. The fraction of sp³-hybridized carbons (Fsp3) is 0.333. The first-order valence-corrected chi connectivity index (χ1v) is 14.7. The summed E-state index contributed by atoms with van der Waals surface area (Å²) in [6.07, 6.45) is -4.10. The van der Waals surface area contributed by atoms with Crippen molar-refractivity contribution >= 4 is 27.5 Å². The van der Waals surface area contributed by atoms with Crippen molar-refractivity contribution in [2.45, 2.75) is 56.9 Å². The minimum atomic E-state index is -4.74. The number of carbonyl (C=O) groups excluding carboxylic acids is 2. The van der Waals surface area contributed by atoms with Crippen molar-refractivity contribution in [2.75, 3.05) is 18.0 Å². The molecule has 8 nitrogen and oxygen atoms in total. The van der Waals surface area contributed by atoms with E-state index in [0.29, 0.717) is 28.1 Å². The second-order valence-corrected chi connectivity index (χ2v) is 11.6. The van der Waals surface area contributed by atoms with E-state index in [0.717, 1.165) is 12.1 Å². The summed E-state index contributed by atoms with van der Waals surface area (Å²) in [6, 6.07) is 16.4. The lowest BCUT2D eigenvalue weighted by Gasteiger charge is -2.32. The summed E-state index contributed by atoms with van der Waals surface area (Å²) in [5.74, 6) is -0.666. The van der Waals surface area contributed by atoms with Crippen molar-refractivity contribution in [1.29, 1.82) is 0 Å². The monoisotopic (exact) mass is 605 g/mol. The Labute approximate surface area is 244 Å². The van der Waals surface area contributed by atoms with Gasteiger partial charge in [0, 0.05) is 12.6 Å². The molecule has 0 aromatic heterocycles. The average molecular weight is 606 g/mol. The summed E-state index contributed by atoms with van der Waals surface area (Å²) < 4.78 is 74.0. The average Bonchev–Trinajstić information content (AvgIpc) is 2.98. The van der Waals surface area contributed by atoms with Crippen LogP contribution in [0, 0.1) is 0 Å². The number of carbonyl (C=O) groups is 2. The number of alkyl halides is 3. The van der Waals surface area contributed by atoms with E-state index in [1.807, 2.05) is 13.8 Å². The van der Waals surface area contributed by atoms with Crippen LogP contribution in [-0.2, 0) is 32.3 Å². The summed E-state index contributed by atoms with van der Waals surface area (Å²) in [4.78, 5) is 28.0. The van der Waals surface area contributed by atoms with E-state index in [1.165, 1.54) is 49.3 Å². The van der Waals surface area contributed by atoms with E-state index < -0.39 is 46.2 Å². The van der Waals surface area contributed by atoms with Crippen LogP contribution in [0.3, 0.4) is 0 Å². The Hall–Kier alpha value is -4.06. The first-order chi connectivity index (χ1) is 19.8. The molecule has 0 radical (unpaired) electrons. The fourth-order valence-corrected chi connectivity index (χ4v) is 5.49. The first-order valence-electron chi connectivity index (χ1n) is 13.3. The maximum atomic E-state index is 13.9. The molecular formula is C30H34F3N3O5S. The topological polar surface area (TPSA) is 96.0 Å². The van der Waals surface area contributed by atoms with E-state index >= 15 is 0 Å². The number of methoxy groups -OCH3 is 1. The van der Waals surface area contributed by atoms with Gasteiger partial charge in [0.1, 0.15) is 18.3 Å². The van der Waals surface area contributed by atoms with Crippen LogP contribution in [0.25, 0.3) is 0 Å². The zero-order valence-electron chi connectivity index (χ0n) is 23.8. The molecule has 1 N–H and O–H groups in total. The number of hydrogen-bond acceptors (Lipinski definition) is 5. The number of halogens is 3. The highest BCUT2D eigenvalue weighted by Gasteiger charge is 2.35. The minimum Gasteiger partial charge on any atom is -0.497 e. The predicted molar refractivity (Wildman–Crippen MR) is 153 cm³/mol. The maximum Gasteiger partial charge on any atom is 0.416 e. The molecule has 3 rings (SSSR count). The van der Waals surface area contributed by atoms with E-state index in [1.54, 1.807) is 30.3 Å². The Kier molecular flexibility index (Phi) is 10.6.